The van der Waals surface area contributed by atoms with E-state index in [1.54, 1.807) is 18.2 Å². The van der Waals surface area contributed by atoms with Gasteiger partial charge in [-0.1, -0.05) is 11.6 Å². The number of benzene rings is 1. The molecule has 4 fully saturated rings. The number of carbonyl (C=O) groups is 3. The average Bonchev–Trinajstić information content (AvgIpc) is 2.76. The van der Waals surface area contributed by atoms with Crippen LogP contribution in [0.25, 0.3) is 0 Å². The van der Waals surface area contributed by atoms with E-state index < -0.39 is 23.8 Å². The van der Waals surface area contributed by atoms with Gasteiger partial charge in [0.15, 0.2) is 5.78 Å². The summed E-state index contributed by atoms with van der Waals surface area (Å²) in [4.78, 5) is 41.6. The van der Waals surface area contributed by atoms with Crippen LogP contribution in [0.5, 0.6) is 5.75 Å². The molecule has 1 heterocycles. The van der Waals surface area contributed by atoms with Crippen LogP contribution in [0.15, 0.2) is 36.5 Å². The van der Waals surface area contributed by atoms with Crippen LogP contribution in [-0.2, 0) is 4.79 Å². The number of hydrogen-bond acceptors (Lipinski definition) is 5. The number of rotatable bonds is 9. The summed E-state index contributed by atoms with van der Waals surface area (Å²) in [5.41, 5.74) is 0.693. The molecule has 2 aromatic rings. The van der Waals surface area contributed by atoms with E-state index in [0.717, 1.165) is 5.56 Å². The number of alkyl halides is 2. The minimum atomic E-state index is -2.73. The van der Waals surface area contributed by atoms with Crippen LogP contribution >= 0.6 is 11.6 Å². The first-order chi connectivity index (χ1) is 17.0. The molecule has 0 aliphatic heterocycles. The van der Waals surface area contributed by atoms with E-state index in [0.29, 0.717) is 36.5 Å². The first-order valence-electron chi connectivity index (χ1n) is 11.8. The molecular weight excluding hydrogens is 492 g/mol. The lowest BCUT2D eigenvalue weighted by molar-refractivity contribution is -0.162. The van der Waals surface area contributed by atoms with Gasteiger partial charge >= 0.3 is 0 Å². The number of halogens is 3. The molecular formula is C26H26ClF2N3O4. The van der Waals surface area contributed by atoms with Gasteiger partial charge < -0.3 is 15.4 Å². The zero-order chi connectivity index (χ0) is 25.7. The zero-order valence-corrected chi connectivity index (χ0v) is 20.5. The van der Waals surface area contributed by atoms with Crippen LogP contribution in [0.2, 0.25) is 5.02 Å². The number of hydrogen-bond donors (Lipinski definition) is 2. The Morgan fingerprint density at radius 3 is 2.50 bits per heavy atom. The Morgan fingerprint density at radius 1 is 1.11 bits per heavy atom. The Morgan fingerprint density at radius 2 is 1.83 bits per heavy atom. The minimum absolute atomic E-state index is 0.00633. The van der Waals surface area contributed by atoms with E-state index in [4.69, 9.17) is 16.3 Å². The Balaban J connectivity index is 1.08. The van der Waals surface area contributed by atoms with Crippen molar-refractivity contribution in [1.29, 1.82) is 0 Å². The van der Waals surface area contributed by atoms with Crippen molar-refractivity contribution in [2.75, 3.05) is 6.61 Å². The summed E-state index contributed by atoms with van der Waals surface area (Å²) in [6.07, 6.45) is 3.09. The number of nitrogens with one attached hydrogen (secondary N) is 2. The molecule has 1 aromatic heterocycles. The summed E-state index contributed by atoms with van der Waals surface area (Å²) in [7, 11) is 0. The molecule has 4 saturated carbocycles. The molecule has 36 heavy (non-hydrogen) atoms. The van der Waals surface area contributed by atoms with Crippen LogP contribution in [0.1, 0.15) is 64.9 Å². The van der Waals surface area contributed by atoms with Gasteiger partial charge in [0.25, 0.3) is 17.7 Å². The Hall–Kier alpha value is -3.07. The second-order valence-electron chi connectivity index (χ2n) is 10.5. The summed E-state index contributed by atoms with van der Waals surface area (Å²) in [6, 6.07) is 7.49. The van der Waals surface area contributed by atoms with Gasteiger partial charge in [-0.2, -0.15) is 0 Å². The number of carbonyl (C=O) groups excluding carboxylic acids is 3. The highest BCUT2D eigenvalue weighted by Crippen LogP contribution is 2.69. The van der Waals surface area contributed by atoms with Crippen LogP contribution in [0, 0.1) is 12.3 Å². The van der Waals surface area contributed by atoms with Crippen LogP contribution in [-0.4, -0.2) is 46.7 Å². The van der Waals surface area contributed by atoms with Crippen molar-refractivity contribution in [3.8, 4) is 5.75 Å². The molecule has 0 unspecified atom stereocenters. The van der Waals surface area contributed by atoms with Crippen molar-refractivity contribution in [1.82, 2.24) is 15.6 Å². The number of nitrogens with zero attached hydrogens (tertiary/aromatic N) is 1. The first kappa shape index (κ1) is 24.6. The van der Waals surface area contributed by atoms with Gasteiger partial charge in [-0.3, -0.25) is 19.4 Å². The van der Waals surface area contributed by atoms with Crippen molar-refractivity contribution in [2.24, 2.45) is 5.41 Å². The maximum atomic E-state index is 13.0. The summed E-state index contributed by atoms with van der Waals surface area (Å²) < 4.78 is 31.6. The smallest absolute Gasteiger partial charge is 0.270 e. The number of ether oxygens (including phenoxy) is 1. The molecule has 2 amide bonds. The molecule has 4 aliphatic rings. The summed E-state index contributed by atoms with van der Waals surface area (Å²) in [5, 5.41) is 6.19. The van der Waals surface area contributed by atoms with Gasteiger partial charge in [0.2, 0.25) is 0 Å². The molecule has 0 saturated heterocycles. The molecule has 190 valence electrons. The van der Waals surface area contributed by atoms with Gasteiger partial charge in [-0.15, -0.1) is 0 Å². The lowest BCUT2D eigenvalue weighted by Crippen LogP contribution is -2.75. The molecule has 1 aromatic carbocycles. The zero-order valence-electron chi connectivity index (χ0n) is 19.7. The maximum Gasteiger partial charge on any atom is 0.270 e. The van der Waals surface area contributed by atoms with E-state index in [1.807, 2.05) is 6.92 Å². The monoisotopic (exact) mass is 517 g/mol. The molecule has 4 aliphatic carbocycles. The molecule has 0 atom stereocenters. The fourth-order valence-corrected chi connectivity index (χ4v) is 5.81. The summed E-state index contributed by atoms with van der Waals surface area (Å²) >= 11 is 6.01. The van der Waals surface area contributed by atoms with Crippen LogP contribution in [0.3, 0.4) is 0 Å². The Kier molecular flexibility index (Phi) is 6.01. The number of aryl methyl sites for hydroxylation is 1. The van der Waals surface area contributed by atoms with E-state index in [-0.39, 0.29) is 47.4 Å². The predicted octanol–water partition coefficient (Wildman–Crippen LogP) is 4.26. The molecule has 6 rings (SSSR count). The van der Waals surface area contributed by atoms with E-state index in [9.17, 15) is 23.2 Å². The van der Waals surface area contributed by atoms with Crippen molar-refractivity contribution >= 4 is 29.2 Å². The van der Waals surface area contributed by atoms with Gasteiger partial charge in [-0.25, -0.2) is 8.78 Å². The van der Waals surface area contributed by atoms with E-state index in [2.05, 4.69) is 15.6 Å². The highest BCUT2D eigenvalue weighted by atomic mass is 35.5. The Bertz CT molecular complexity index is 1220. The standard InChI is InChI=1S/C26H26ClF2N3O4/c1-15-6-19(2-3-20(15)27)36-11-18(33)10-24-12-25(13-24,14-24)32-23(35)21-7-16(4-5-30-21)22(34)31-17-8-26(28,29)9-17/h2-7,17H,8-14H2,1H3,(H,31,34)(H,32,35). The lowest BCUT2D eigenvalue weighted by atomic mass is 9.38. The molecule has 0 radical (unpaired) electrons. The second-order valence-corrected chi connectivity index (χ2v) is 11.0. The average molecular weight is 518 g/mol. The number of pyridine rings is 1. The fourth-order valence-electron chi connectivity index (χ4n) is 5.69. The van der Waals surface area contributed by atoms with Crippen molar-refractivity contribution in [2.45, 2.75) is 63.0 Å². The van der Waals surface area contributed by atoms with Crippen molar-refractivity contribution in [3.05, 3.63) is 58.4 Å². The predicted molar refractivity (Wildman–Crippen MR) is 127 cm³/mol. The third-order valence-electron chi connectivity index (χ3n) is 7.30. The quantitative estimate of drug-likeness (QED) is 0.518. The third kappa shape index (κ3) is 4.93. The highest BCUT2D eigenvalue weighted by Gasteiger charge is 2.68. The first-order valence-corrected chi connectivity index (χ1v) is 12.2. The topological polar surface area (TPSA) is 97.4 Å². The van der Waals surface area contributed by atoms with E-state index >= 15 is 0 Å². The number of aromatic nitrogens is 1. The summed E-state index contributed by atoms with van der Waals surface area (Å²) in [5.74, 6) is -3.03. The minimum Gasteiger partial charge on any atom is -0.486 e. The van der Waals surface area contributed by atoms with Crippen LogP contribution in [0.4, 0.5) is 8.78 Å². The SMILES string of the molecule is Cc1cc(OCC(=O)CC23CC(NC(=O)c4cc(C(=O)NC5CC(F)(F)C5)ccn4)(C2)C3)ccc1Cl. The number of ketones is 1. The molecule has 7 nitrogen and oxygen atoms in total. The van der Waals surface area contributed by atoms with Gasteiger partial charge in [0.05, 0.1) is 0 Å². The van der Waals surface area contributed by atoms with Crippen LogP contribution < -0.4 is 15.4 Å². The second kappa shape index (κ2) is 8.80. The summed E-state index contributed by atoms with van der Waals surface area (Å²) in [6.45, 7) is 1.85. The molecule has 2 bridgehead atoms. The number of Topliss-reactive ketones (excluding diaryl/α,β-unsaturated/α-hetero) is 1. The highest BCUT2D eigenvalue weighted by molar-refractivity contribution is 6.31. The normalized spacial score (nSPS) is 25.6. The van der Waals surface area contributed by atoms with Gasteiger partial charge in [0.1, 0.15) is 18.1 Å². The molecule has 10 heteroatoms. The largest absolute Gasteiger partial charge is 0.486 e. The van der Waals surface area contributed by atoms with Gasteiger partial charge in [-0.05, 0) is 67.5 Å². The molecule has 2 N–H and O–H groups in total. The maximum absolute atomic E-state index is 13.0. The lowest BCUT2D eigenvalue weighted by Gasteiger charge is -2.70. The molecule has 0 spiro atoms. The number of amides is 2. The Labute approximate surface area is 211 Å². The van der Waals surface area contributed by atoms with Crippen molar-refractivity contribution < 1.29 is 27.9 Å². The van der Waals surface area contributed by atoms with Crippen molar-refractivity contribution in [3.63, 3.8) is 0 Å². The van der Waals surface area contributed by atoms with Gasteiger partial charge in [0, 0.05) is 47.6 Å². The van der Waals surface area contributed by atoms with E-state index in [1.165, 1.54) is 18.3 Å². The third-order valence-corrected chi connectivity index (χ3v) is 7.72. The fraction of sp³-hybridized carbons (Fsp3) is 0.462.